The molecule has 1 heterocycles. The summed E-state index contributed by atoms with van der Waals surface area (Å²) in [5, 5.41) is 4.10. The molecule has 3 rings (SSSR count). The number of hydrogen-bond donors (Lipinski definition) is 2. The van der Waals surface area contributed by atoms with E-state index in [0.717, 1.165) is 16.5 Å². The number of esters is 1. The number of aromatic amines is 1. The van der Waals surface area contributed by atoms with Crippen LogP contribution in [0, 0.1) is 0 Å². The fourth-order valence-electron chi connectivity index (χ4n) is 2.64. The third-order valence-corrected chi connectivity index (χ3v) is 4.24. The fourth-order valence-corrected chi connectivity index (χ4v) is 2.94. The summed E-state index contributed by atoms with van der Waals surface area (Å²) in [5.41, 5.74) is 2.05. The molecule has 0 unspecified atom stereocenters. The number of hydrogen-bond acceptors (Lipinski definition) is 3. The molecule has 1 amide bonds. The Labute approximate surface area is 149 Å². The van der Waals surface area contributed by atoms with Gasteiger partial charge in [0.05, 0.1) is 11.6 Å². The van der Waals surface area contributed by atoms with Gasteiger partial charge in [0, 0.05) is 22.1 Å². The first-order chi connectivity index (χ1) is 12.1. The Bertz CT molecular complexity index is 920. The maximum absolute atomic E-state index is 12.2. The first kappa shape index (κ1) is 17.0. The summed E-state index contributed by atoms with van der Waals surface area (Å²) in [4.78, 5) is 27.2. The van der Waals surface area contributed by atoms with Crippen LogP contribution in [0.5, 0.6) is 0 Å². The van der Waals surface area contributed by atoms with E-state index in [0.29, 0.717) is 10.6 Å². The minimum absolute atomic E-state index is 0.284. The molecule has 0 saturated carbocycles. The smallest absolute Gasteiger partial charge is 0.340 e. The Morgan fingerprint density at radius 3 is 2.68 bits per heavy atom. The lowest BCUT2D eigenvalue weighted by molar-refractivity contribution is -0.124. The average Bonchev–Trinajstić information content (AvgIpc) is 3.04. The minimum Gasteiger partial charge on any atom is -0.452 e. The van der Waals surface area contributed by atoms with Crippen molar-refractivity contribution in [1.29, 1.82) is 0 Å². The Morgan fingerprint density at radius 1 is 1.16 bits per heavy atom. The zero-order valence-electron chi connectivity index (χ0n) is 13.6. The van der Waals surface area contributed by atoms with Gasteiger partial charge in [-0.05, 0) is 24.6 Å². The standard InChI is InChI=1S/C19H17ClN2O3/c1-12(13-6-2-4-8-16(13)20)22-18(23)11-25-19(24)15-10-21-17-9-5-3-7-14(15)17/h2-10,12,21H,11H2,1H3,(H,22,23)/t12-/m0/s1. The first-order valence-corrected chi connectivity index (χ1v) is 8.21. The van der Waals surface area contributed by atoms with E-state index in [1.807, 2.05) is 49.4 Å². The molecule has 0 aliphatic heterocycles. The van der Waals surface area contributed by atoms with Gasteiger partial charge in [0.25, 0.3) is 5.91 Å². The molecule has 5 nitrogen and oxygen atoms in total. The van der Waals surface area contributed by atoms with Crippen molar-refractivity contribution in [3.05, 3.63) is 70.9 Å². The van der Waals surface area contributed by atoms with Crippen LogP contribution in [0.2, 0.25) is 5.02 Å². The van der Waals surface area contributed by atoms with Gasteiger partial charge in [-0.1, -0.05) is 48.0 Å². The number of para-hydroxylation sites is 1. The second-order valence-corrected chi connectivity index (χ2v) is 6.04. The predicted molar refractivity (Wildman–Crippen MR) is 96.6 cm³/mol. The maximum Gasteiger partial charge on any atom is 0.340 e. The monoisotopic (exact) mass is 356 g/mol. The Morgan fingerprint density at radius 2 is 1.88 bits per heavy atom. The van der Waals surface area contributed by atoms with Gasteiger partial charge in [-0.3, -0.25) is 4.79 Å². The normalized spacial score (nSPS) is 11.9. The fraction of sp³-hybridized carbons (Fsp3) is 0.158. The number of halogens is 1. The van der Waals surface area contributed by atoms with Gasteiger partial charge in [0.15, 0.2) is 6.61 Å². The number of benzene rings is 2. The van der Waals surface area contributed by atoms with Gasteiger partial charge >= 0.3 is 5.97 Å². The lowest BCUT2D eigenvalue weighted by atomic mass is 10.1. The molecule has 1 atom stereocenters. The van der Waals surface area contributed by atoms with Gasteiger partial charge < -0.3 is 15.0 Å². The quantitative estimate of drug-likeness (QED) is 0.682. The second-order valence-electron chi connectivity index (χ2n) is 5.63. The summed E-state index contributed by atoms with van der Waals surface area (Å²) in [6.45, 7) is 1.47. The van der Waals surface area contributed by atoms with Crippen LogP contribution in [0.1, 0.15) is 28.9 Å². The van der Waals surface area contributed by atoms with Crippen molar-refractivity contribution in [2.75, 3.05) is 6.61 Å². The first-order valence-electron chi connectivity index (χ1n) is 7.83. The summed E-state index contributed by atoms with van der Waals surface area (Å²) in [7, 11) is 0. The van der Waals surface area contributed by atoms with Gasteiger partial charge in [0.2, 0.25) is 0 Å². The number of carbonyl (C=O) groups excluding carboxylic acids is 2. The largest absolute Gasteiger partial charge is 0.452 e. The topological polar surface area (TPSA) is 71.2 Å². The molecule has 0 fully saturated rings. The molecular weight excluding hydrogens is 340 g/mol. The number of rotatable bonds is 5. The van der Waals surface area contributed by atoms with Crippen molar-refractivity contribution in [1.82, 2.24) is 10.3 Å². The molecule has 6 heteroatoms. The zero-order valence-corrected chi connectivity index (χ0v) is 14.3. The summed E-state index contributed by atoms with van der Waals surface area (Å²) in [5.74, 6) is -0.932. The van der Waals surface area contributed by atoms with Crippen LogP contribution >= 0.6 is 11.6 Å². The number of nitrogens with one attached hydrogen (secondary N) is 2. The van der Waals surface area contributed by atoms with Crippen LogP contribution in [0.25, 0.3) is 10.9 Å². The van der Waals surface area contributed by atoms with Crippen LogP contribution in [0.15, 0.2) is 54.7 Å². The number of amides is 1. The van der Waals surface area contributed by atoms with E-state index in [1.165, 1.54) is 0 Å². The van der Waals surface area contributed by atoms with Crippen molar-refractivity contribution < 1.29 is 14.3 Å². The molecule has 25 heavy (non-hydrogen) atoms. The van der Waals surface area contributed by atoms with Gasteiger partial charge in [0.1, 0.15) is 0 Å². The number of carbonyl (C=O) groups is 2. The third kappa shape index (κ3) is 3.83. The number of aromatic nitrogens is 1. The summed E-state index contributed by atoms with van der Waals surface area (Å²) < 4.78 is 5.12. The summed E-state index contributed by atoms with van der Waals surface area (Å²) in [6, 6.07) is 14.4. The SMILES string of the molecule is C[C@H](NC(=O)COC(=O)c1c[nH]c2ccccc12)c1ccccc1Cl. The summed E-state index contributed by atoms with van der Waals surface area (Å²) >= 11 is 6.11. The maximum atomic E-state index is 12.2. The number of H-pyrrole nitrogens is 1. The highest BCUT2D eigenvalue weighted by molar-refractivity contribution is 6.31. The molecule has 0 spiro atoms. The van der Waals surface area contributed by atoms with E-state index >= 15 is 0 Å². The van der Waals surface area contributed by atoms with E-state index in [2.05, 4.69) is 10.3 Å². The van der Waals surface area contributed by atoms with Crippen molar-refractivity contribution in [3.8, 4) is 0 Å². The highest BCUT2D eigenvalue weighted by atomic mass is 35.5. The van der Waals surface area contributed by atoms with Crippen LogP contribution in [-0.4, -0.2) is 23.5 Å². The molecule has 2 aromatic carbocycles. The van der Waals surface area contributed by atoms with Crippen LogP contribution < -0.4 is 5.32 Å². The molecule has 1 aromatic heterocycles. The summed E-state index contributed by atoms with van der Waals surface area (Å²) in [6.07, 6.45) is 1.58. The molecule has 3 aromatic rings. The number of ether oxygens (including phenoxy) is 1. The van der Waals surface area contributed by atoms with E-state index in [4.69, 9.17) is 16.3 Å². The van der Waals surface area contributed by atoms with Crippen LogP contribution in [0.4, 0.5) is 0 Å². The van der Waals surface area contributed by atoms with E-state index in [9.17, 15) is 9.59 Å². The molecule has 0 aliphatic carbocycles. The molecule has 0 bridgehead atoms. The third-order valence-electron chi connectivity index (χ3n) is 3.89. The van der Waals surface area contributed by atoms with E-state index < -0.39 is 5.97 Å². The minimum atomic E-state index is -0.544. The average molecular weight is 357 g/mol. The van der Waals surface area contributed by atoms with Crippen molar-refractivity contribution in [2.45, 2.75) is 13.0 Å². The molecule has 0 saturated heterocycles. The molecule has 0 aliphatic rings. The molecule has 128 valence electrons. The lowest BCUT2D eigenvalue weighted by Crippen LogP contribution is -2.31. The van der Waals surface area contributed by atoms with Crippen molar-refractivity contribution in [3.63, 3.8) is 0 Å². The van der Waals surface area contributed by atoms with Gasteiger partial charge in [-0.25, -0.2) is 4.79 Å². The highest BCUT2D eigenvalue weighted by Crippen LogP contribution is 2.22. The van der Waals surface area contributed by atoms with Crippen LogP contribution in [-0.2, 0) is 9.53 Å². The van der Waals surface area contributed by atoms with Crippen molar-refractivity contribution >= 4 is 34.4 Å². The number of fused-ring (bicyclic) bond motifs is 1. The second kappa shape index (κ2) is 7.40. The Balaban J connectivity index is 1.59. The van der Waals surface area contributed by atoms with Gasteiger partial charge in [-0.15, -0.1) is 0 Å². The Hall–Kier alpha value is -2.79. The lowest BCUT2D eigenvalue weighted by Gasteiger charge is -2.15. The Kier molecular flexibility index (Phi) is 5.05. The van der Waals surface area contributed by atoms with Gasteiger partial charge in [-0.2, -0.15) is 0 Å². The van der Waals surface area contributed by atoms with E-state index in [1.54, 1.807) is 12.3 Å². The molecule has 2 N–H and O–H groups in total. The molecule has 0 radical (unpaired) electrons. The molecular formula is C19H17ClN2O3. The van der Waals surface area contributed by atoms with Crippen molar-refractivity contribution in [2.24, 2.45) is 0 Å². The van der Waals surface area contributed by atoms with E-state index in [-0.39, 0.29) is 18.6 Å². The highest BCUT2D eigenvalue weighted by Gasteiger charge is 2.16. The predicted octanol–water partition coefficient (Wildman–Crippen LogP) is 3.86. The van der Waals surface area contributed by atoms with Crippen LogP contribution in [0.3, 0.4) is 0 Å². The zero-order chi connectivity index (χ0) is 17.8.